The molecule has 4 atom stereocenters. The lowest BCUT2D eigenvalue weighted by Gasteiger charge is -2.33. The van der Waals surface area contributed by atoms with Gasteiger partial charge in [-0.1, -0.05) is 18.2 Å². The second kappa shape index (κ2) is 12.8. The molecule has 3 aromatic heterocycles. The number of para-hydroxylation sites is 1. The number of nitrogens with one attached hydrogen (secondary N) is 1. The van der Waals surface area contributed by atoms with E-state index < -0.39 is 43.6 Å². The summed E-state index contributed by atoms with van der Waals surface area (Å²) in [6.45, 7) is 8.71. The average molecular weight is 715 g/mol. The Morgan fingerprint density at radius 1 is 1.12 bits per heavy atom. The highest BCUT2D eigenvalue weighted by Gasteiger charge is 2.41. The molecule has 2 saturated heterocycles. The number of ether oxygens (including phenoxy) is 3. The number of amides is 1. The minimum atomic E-state index is -4.17. The van der Waals surface area contributed by atoms with E-state index in [1.165, 1.54) is 63.0 Å². The molecular formula is C34H42N4O9S2. The summed E-state index contributed by atoms with van der Waals surface area (Å²) in [5.41, 5.74) is -2.27. The van der Waals surface area contributed by atoms with Crippen LogP contribution in [0.5, 0.6) is 5.75 Å². The van der Waals surface area contributed by atoms with Crippen molar-refractivity contribution in [2.24, 2.45) is 0 Å². The number of methoxy groups -OCH3 is 1. The standard InChI is InChI=1S/C34H42N4O9S2/c1-19-26-29(39)38(34(5,6)31(40)36-49(42,43)33(2,3)4)32(41)37(30(26)48-27(19)28-35-14-15-45-28)18-25(23-10-8-9-11-24(23)44-7)47-22-16-20-12-13-21(17-22)46-20/h8-11,14-15,20-22,25H,12-13,16-18H2,1-7H3,(H,36,40)/t20-,21+,22-,25-/m0/s1. The molecule has 6 rings (SSSR count). The van der Waals surface area contributed by atoms with E-state index in [0.29, 0.717) is 39.4 Å². The van der Waals surface area contributed by atoms with Gasteiger partial charge in [0, 0.05) is 5.56 Å². The Bertz CT molecular complexity index is 2100. The van der Waals surface area contributed by atoms with Crippen LogP contribution >= 0.6 is 11.3 Å². The van der Waals surface area contributed by atoms with Crippen LogP contribution in [-0.4, -0.2) is 58.6 Å². The number of rotatable bonds is 10. The van der Waals surface area contributed by atoms with E-state index >= 15 is 0 Å². The van der Waals surface area contributed by atoms with Gasteiger partial charge in [0.25, 0.3) is 11.5 Å². The molecule has 0 saturated carbocycles. The van der Waals surface area contributed by atoms with Crippen molar-refractivity contribution in [1.29, 1.82) is 0 Å². The van der Waals surface area contributed by atoms with Crippen LogP contribution in [0.1, 0.15) is 77.5 Å². The molecule has 1 aromatic carbocycles. The molecule has 1 amide bonds. The van der Waals surface area contributed by atoms with Gasteiger partial charge in [0.05, 0.1) is 53.2 Å². The Balaban J connectivity index is 1.54. The van der Waals surface area contributed by atoms with E-state index in [2.05, 4.69) is 9.71 Å². The number of hydrogen-bond acceptors (Lipinski definition) is 11. The van der Waals surface area contributed by atoms with Crippen molar-refractivity contribution in [3.05, 3.63) is 68.7 Å². The lowest BCUT2D eigenvalue weighted by Crippen LogP contribution is -2.58. The first-order chi connectivity index (χ1) is 23.0. The summed E-state index contributed by atoms with van der Waals surface area (Å²) < 4.78 is 53.3. The summed E-state index contributed by atoms with van der Waals surface area (Å²) in [7, 11) is -2.61. The fraction of sp³-hybridized carbons (Fsp3) is 0.529. The van der Waals surface area contributed by atoms with E-state index in [9.17, 15) is 22.8 Å². The molecule has 2 fully saturated rings. The average Bonchev–Trinajstić information content (AvgIpc) is 3.77. The van der Waals surface area contributed by atoms with E-state index in [0.717, 1.165) is 17.4 Å². The second-order valence-corrected chi connectivity index (χ2v) is 17.6. The van der Waals surface area contributed by atoms with Crippen molar-refractivity contribution < 1.29 is 31.8 Å². The number of aromatic nitrogens is 3. The van der Waals surface area contributed by atoms with Gasteiger partial charge >= 0.3 is 5.69 Å². The maximum atomic E-state index is 14.7. The smallest absolute Gasteiger partial charge is 0.333 e. The summed E-state index contributed by atoms with van der Waals surface area (Å²) >= 11 is 1.17. The Labute approximate surface area is 288 Å². The number of hydrogen-bond donors (Lipinski definition) is 1. The molecule has 15 heteroatoms. The minimum absolute atomic E-state index is 0.0500. The molecule has 0 aliphatic carbocycles. The van der Waals surface area contributed by atoms with E-state index in [1.54, 1.807) is 14.0 Å². The number of benzene rings is 1. The van der Waals surface area contributed by atoms with Crippen molar-refractivity contribution >= 4 is 37.5 Å². The molecule has 2 bridgehead atoms. The first kappa shape index (κ1) is 35.1. The lowest BCUT2D eigenvalue weighted by atomic mass is 10.0. The molecule has 0 radical (unpaired) electrons. The van der Waals surface area contributed by atoms with Gasteiger partial charge in [0.1, 0.15) is 28.5 Å². The number of thiophene rings is 1. The topological polar surface area (TPSA) is 161 Å². The number of sulfonamides is 1. The van der Waals surface area contributed by atoms with E-state index in [4.69, 9.17) is 18.6 Å². The minimum Gasteiger partial charge on any atom is -0.496 e. The van der Waals surface area contributed by atoms with Gasteiger partial charge in [-0.25, -0.2) is 22.8 Å². The van der Waals surface area contributed by atoms with Crippen molar-refractivity contribution in [2.75, 3.05) is 7.11 Å². The van der Waals surface area contributed by atoms with Crippen LogP contribution in [0.4, 0.5) is 0 Å². The highest BCUT2D eigenvalue weighted by Crippen LogP contribution is 2.40. The quantitative estimate of drug-likeness (QED) is 0.245. The van der Waals surface area contributed by atoms with Gasteiger partial charge in [-0.2, -0.15) is 0 Å². The number of carbonyl (C=O) groups is 1. The van der Waals surface area contributed by atoms with Crippen molar-refractivity contribution in [3.8, 4) is 16.5 Å². The molecule has 13 nitrogen and oxygen atoms in total. The zero-order valence-electron chi connectivity index (χ0n) is 28.6. The number of carbonyl (C=O) groups excluding carboxylic acids is 1. The molecule has 5 heterocycles. The number of oxazole rings is 1. The highest BCUT2D eigenvalue weighted by atomic mass is 32.2. The SMILES string of the molecule is COc1ccccc1[C@H](Cn1c(=O)n(C(C)(C)C(=O)NS(=O)(=O)C(C)(C)C)c(=O)c2c(C)c(-c3ncco3)sc21)O[C@@H]1C[C@H]2CC[C@@H](C1)O2. The van der Waals surface area contributed by atoms with Crippen LogP contribution in [0.2, 0.25) is 0 Å². The molecular weight excluding hydrogens is 673 g/mol. The Morgan fingerprint density at radius 3 is 2.41 bits per heavy atom. The Kier molecular flexibility index (Phi) is 9.18. The maximum absolute atomic E-state index is 14.7. The fourth-order valence-electron chi connectivity index (χ4n) is 6.51. The third-order valence-corrected chi connectivity index (χ3v) is 12.8. The van der Waals surface area contributed by atoms with Crippen LogP contribution in [-0.2, 0) is 36.4 Å². The monoisotopic (exact) mass is 714 g/mol. The van der Waals surface area contributed by atoms with Crippen LogP contribution in [0.3, 0.4) is 0 Å². The first-order valence-corrected chi connectivity index (χ1v) is 18.5. The lowest BCUT2D eigenvalue weighted by molar-refractivity contribution is -0.126. The zero-order chi connectivity index (χ0) is 35.5. The summed E-state index contributed by atoms with van der Waals surface area (Å²) in [6.07, 6.45) is 5.58. The number of nitrogens with zero attached hydrogens (tertiary/aromatic N) is 3. The van der Waals surface area contributed by atoms with Gasteiger partial charge in [-0.15, -0.1) is 11.3 Å². The van der Waals surface area contributed by atoms with Gasteiger partial charge < -0.3 is 18.6 Å². The molecule has 264 valence electrons. The summed E-state index contributed by atoms with van der Waals surface area (Å²) in [5, 5.41) is 0.181. The van der Waals surface area contributed by atoms with E-state index in [1.807, 2.05) is 24.3 Å². The van der Waals surface area contributed by atoms with E-state index in [-0.39, 0.29) is 36.1 Å². The number of aryl methyl sites for hydroxylation is 1. The van der Waals surface area contributed by atoms with Crippen LogP contribution < -0.4 is 20.7 Å². The molecule has 0 unspecified atom stereocenters. The van der Waals surface area contributed by atoms with Gasteiger partial charge in [-0.3, -0.25) is 18.9 Å². The first-order valence-electron chi connectivity index (χ1n) is 16.2. The maximum Gasteiger partial charge on any atom is 0.333 e. The van der Waals surface area contributed by atoms with Gasteiger partial charge in [0.15, 0.2) is 0 Å². The van der Waals surface area contributed by atoms with Crippen molar-refractivity contribution in [1.82, 2.24) is 18.8 Å². The molecule has 4 aromatic rings. The predicted molar refractivity (Wildman–Crippen MR) is 184 cm³/mol. The Hall–Kier alpha value is -3.79. The number of fused-ring (bicyclic) bond motifs is 3. The zero-order valence-corrected chi connectivity index (χ0v) is 30.3. The summed E-state index contributed by atoms with van der Waals surface area (Å²) in [4.78, 5) is 48.0. The summed E-state index contributed by atoms with van der Waals surface area (Å²) in [5.74, 6) is -0.189. The van der Waals surface area contributed by atoms with Crippen LogP contribution in [0.25, 0.3) is 21.0 Å². The largest absolute Gasteiger partial charge is 0.496 e. The molecule has 1 N–H and O–H groups in total. The second-order valence-electron chi connectivity index (χ2n) is 14.1. The van der Waals surface area contributed by atoms with Crippen molar-refractivity contribution in [3.63, 3.8) is 0 Å². The third-order valence-electron chi connectivity index (χ3n) is 9.42. The normalized spacial score (nSPS) is 20.4. The molecule has 2 aliphatic heterocycles. The summed E-state index contributed by atoms with van der Waals surface area (Å²) in [6, 6.07) is 7.40. The molecule has 49 heavy (non-hydrogen) atoms. The Morgan fingerprint density at radius 2 is 1.80 bits per heavy atom. The predicted octanol–water partition coefficient (Wildman–Crippen LogP) is 4.64. The van der Waals surface area contributed by atoms with Crippen LogP contribution in [0.15, 0.2) is 50.7 Å². The van der Waals surface area contributed by atoms with Gasteiger partial charge in [-0.05, 0) is 78.9 Å². The highest BCUT2D eigenvalue weighted by molar-refractivity contribution is 7.91. The van der Waals surface area contributed by atoms with Crippen LogP contribution in [0, 0.1) is 6.92 Å². The fourth-order valence-corrected chi connectivity index (χ4v) is 8.55. The molecule has 2 aliphatic rings. The van der Waals surface area contributed by atoms with Crippen molar-refractivity contribution in [2.45, 2.75) is 108 Å². The third kappa shape index (κ3) is 6.37. The van der Waals surface area contributed by atoms with Gasteiger partial charge in [0.2, 0.25) is 15.9 Å². The molecule has 0 spiro atoms.